The minimum Gasteiger partial charge on any atom is -0.507 e. The monoisotopic (exact) mass is 439 g/mol. The highest BCUT2D eigenvalue weighted by molar-refractivity contribution is 5.98. The second-order valence-corrected chi connectivity index (χ2v) is 6.83. The maximum atomic E-state index is 14.1. The molecule has 7 heteroatoms. The summed E-state index contributed by atoms with van der Waals surface area (Å²) in [6.07, 6.45) is 0.891. The third kappa shape index (κ3) is 3.73. The highest BCUT2D eigenvalue weighted by Gasteiger charge is 2.25. The molecule has 0 aliphatic rings. The Kier molecular flexibility index (Phi) is 5.73. The molecule has 0 aromatic heterocycles. The van der Waals surface area contributed by atoms with E-state index in [9.17, 15) is 27.1 Å². The Morgan fingerprint density at radius 2 is 1.00 bits per heavy atom. The molecule has 1 N–H and O–H groups in total. The van der Waals surface area contributed by atoms with Gasteiger partial charge in [-0.05, 0) is 22.8 Å². The van der Waals surface area contributed by atoms with Crippen molar-refractivity contribution in [1.29, 1.82) is 0 Å². The van der Waals surface area contributed by atoms with Gasteiger partial charge in [-0.3, -0.25) is 0 Å². The fourth-order valence-electron chi connectivity index (χ4n) is 3.29. The molecular weight excluding hydrogens is 425 g/mol. The summed E-state index contributed by atoms with van der Waals surface area (Å²) < 4.78 is 68.6. The molecule has 0 unspecified atom stereocenters. The number of hydrogen-bond acceptors (Lipinski definition) is 2. The number of hydrogen-bond donors (Lipinski definition) is 1. The minimum absolute atomic E-state index is 0.0569. The first-order valence-electron chi connectivity index (χ1n) is 9.42. The predicted octanol–water partition coefficient (Wildman–Crippen LogP) is 7.17. The van der Waals surface area contributed by atoms with E-state index in [-0.39, 0.29) is 11.3 Å². The molecule has 0 saturated carbocycles. The molecule has 0 fully saturated rings. The van der Waals surface area contributed by atoms with Gasteiger partial charge in [-0.1, -0.05) is 66.7 Å². The molecule has 0 amide bonds. The van der Waals surface area contributed by atoms with Crippen LogP contribution < -0.4 is 0 Å². The normalized spacial score (nSPS) is 11.3. The number of benzene rings is 4. The van der Waals surface area contributed by atoms with E-state index in [2.05, 4.69) is 4.99 Å². The van der Waals surface area contributed by atoms with Crippen molar-refractivity contribution in [2.75, 3.05) is 0 Å². The first kappa shape index (κ1) is 21.2. The van der Waals surface area contributed by atoms with Crippen LogP contribution in [0, 0.1) is 29.1 Å². The van der Waals surface area contributed by atoms with Crippen molar-refractivity contribution in [3.05, 3.63) is 107 Å². The molecule has 4 rings (SSSR count). The third-order valence-corrected chi connectivity index (χ3v) is 4.90. The van der Waals surface area contributed by atoms with E-state index in [1.807, 2.05) is 0 Å². The van der Waals surface area contributed by atoms with Crippen molar-refractivity contribution >= 4 is 11.9 Å². The van der Waals surface area contributed by atoms with Crippen LogP contribution >= 0.6 is 0 Å². The van der Waals surface area contributed by atoms with E-state index in [0.717, 1.165) is 6.21 Å². The average molecular weight is 439 g/mol. The van der Waals surface area contributed by atoms with Crippen LogP contribution in [0.4, 0.5) is 27.6 Å². The standard InChI is InChI=1S/C25H14F5NO/c26-19-20(27)22(29)24(23(30)21(19)28)31-13-18-16(14-7-3-1-4-8-14)11-12-17(25(18)32)15-9-5-2-6-10-15/h1-13,32H. The van der Waals surface area contributed by atoms with Crippen LogP contribution in [0.5, 0.6) is 5.75 Å². The zero-order valence-corrected chi connectivity index (χ0v) is 16.3. The molecule has 0 radical (unpaired) electrons. The number of aromatic hydroxyl groups is 1. The van der Waals surface area contributed by atoms with Crippen LogP contribution in [0.3, 0.4) is 0 Å². The van der Waals surface area contributed by atoms with E-state index >= 15 is 0 Å². The van der Waals surface area contributed by atoms with Gasteiger partial charge in [-0.2, -0.15) is 0 Å². The Labute approximate surface area is 179 Å². The molecule has 160 valence electrons. The fraction of sp³-hybridized carbons (Fsp3) is 0. The van der Waals surface area contributed by atoms with Gasteiger partial charge in [-0.25, -0.2) is 26.9 Å². The Hall–Kier alpha value is -4.00. The van der Waals surface area contributed by atoms with E-state index in [4.69, 9.17) is 0 Å². The molecule has 2 nitrogen and oxygen atoms in total. The lowest BCUT2D eigenvalue weighted by atomic mass is 9.94. The highest BCUT2D eigenvalue weighted by Crippen LogP contribution is 2.38. The summed E-state index contributed by atoms with van der Waals surface area (Å²) in [6, 6.07) is 21.0. The molecule has 0 heterocycles. The molecule has 32 heavy (non-hydrogen) atoms. The number of aliphatic imine (C=N–C) groups is 1. The summed E-state index contributed by atoms with van der Waals surface area (Å²) in [5.74, 6) is -10.8. The van der Waals surface area contributed by atoms with Crippen molar-refractivity contribution in [1.82, 2.24) is 0 Å². The van der Waals surface area contributed by atoms with Gasteiger partial charge in [0.2, 0.25) is 5.82 Å². The van der Waals surface area contributed by atoms with Gasteiger partial charge in [0.1, 0.15) is 11.4 Å². The van der Waals surface area contributed by atoms with Crippen LogP contribution in [0.15, 0.2) is 77.8 Å². The molecular formula is C25H14F5NO. The first-order chi connectivity index (χ1) is 15.4. The molecule has 0 spiro atoms. The zero-order chi connectivity index (χ0) is 22.8. The summed E-state index contributed by atoms with van der Waals surface area (Å²) in [5, 5.41) is 11.0. The molecule has 4 aromatic rings. The quantitative estimate of drug-likeness (QED) is 0.155. The maximum Gasteiger partial charge on any atom is 0.200 e. The topological polar surface area (TPSA) is 32.6 Å². The summed E-state index contributed by atoms with van der Waals surface area (Å²) in [5.41, 5.74) is 0.891. The van der Waals surface area contributed by atoms with Gasteiger partial charge in [0.15, 0.2) is 23.3 Å². The smallest absolute Gasteiger partial charge is 0.200 e. The van der Waals surface area contributed by atoms with Gasteiger partial charge in [-0.15, -0.1) is 0 Å². The SMILES string of the molecule is Oc1c(-c2ccccc2)ccc(-c2ccccc2)c1C=Nc1c(F)c(F)c(F)c(F)c1F. The van der Waals surface area contributed by atoms with Gasteiger partial charge in [0.05, 0.1) is 0 Å². The first-order valence-corrected chi connectivity index (χ1v) is 9.42. The van der Waals surface area contributed by atoms with Crippen molar-refractivity contribution in [2.24, 2.45) is 4.99 Å². The number of phenols is 1. The van der Waals surface area contributed by atoms with Crippen LogP contribution in [-0.2, 0) is 0 Å². The number of rotatable bonds is 4. The average Bonchev–Trinajstić information content (AvgIpc) is 2.83. The van der Waals surface area contributed by atoms with Crippen LogP contribution in [-0.4, -0.2) is 11.3 Å². The Bertz CT molecular complexity index is 1290. The maximum absolute atomic E-state index is 14.1. The molecule has 0 aliphatic carbocycles. The lowest BCUT2D eigenvalue weighted by Gasteiger charge is -2.13. The minimum atomic E-state index is -2.27. The molecule has 4 aromatic carbocycles. The number of phenolic OH excluding ortho intramolecular Hbond substituents is 1. The van der Waals surface area contributed by atoms with Gasteiger partial charge >= 0.3 is 0 Å². The van der Waals surface area contributed by atoms with Crippen molar-refractivity contribution in [3.63, 3.8) is 0 Å². The van der Waals surface area contributed by atoms with Gasteiger partial charge < -0.3 is 5.11 Å². The number of halogens is 5. The van der Waals surface area contributed by atoms with Crippen LogP contribution in [0.2, 0.25) is 0 Å². The highest BCUT2D eigenvalue weighted by atomic mass is 19.2. The van der Waals surface area contributed by atoms with E-state index in [0.29, 0.717) is 22.3 Å². The van der Waals surface area contributed by atoms with Gasteiger partial charge in [0, 0.05) is 17.3 Å². The van der Waals surface area contributed by atoms with Gasteiger partial charge in [0.25, 0.3) is 0 Å². The zero-order valence-electron chi connectivity index (χ0n) is 16.3. The summed E-state index contributed by atoms with van der Waals surface area (Å²) >= 11 is 0. The lowest BCUT2D eigenvalue weighted by Crippen LogP contribution is -2.01. The van der Waals surface area contributed by atoms with E-state index in [1.54, 1.807) is 72.8 Å². The number of nitrogens with zero attached hydrogens (tertiary/aromatic N) is 1. The van der Waals surface area contributed by atoms with E-state index < -0.39 is 34.8 Å². The summed E-state index contributed by atoms with van der Waals surface area (Å²) in [7, 11) is 0. The Morgan fingerprint density at radius 3 is 1.53 bits per heavy atom. The van der Waals surface area contributed by atoms with Crippen molar-refractivity contribution < 1.29 is 27.1 Å². The third-order valence-electron chi connectivity index (χ3n) is 4.90. The van der Waals surface area contributed by atoms with Crippen LogP contribution in [0.1, 0.15) is 5.56 Å². The lowest BCUT2D eigenvalue weighted by molar-refractivity contribution is 0.381. The fourth-order valence-corrected chi connectivity index (χ4v) is 3.29. The van der Waals surface area contributed by atoms with E-state index in [1.165, 1.54) is 0 Å². The summed E-state index contributed by atoms with van der Waals surface area (Å²) in [4.78, 5) is 3.54. The second kappa shape index (κ2) is 8.63. The molecule has 0 saturated heterocycles. The van der Waals surface area contributed by atoms with Crippen molar-refractivity contribution in [2.45, 2.75) is 0 Å². The molecule has 0 aliphatic heterocycles. The Balaban J connectivity index is 1.93. The van der Waals surface area contributed by atoms with Crippen molar-refractivity contribution in [3.8, 4) is 28.0 Å². The molecule has 0 atom stereocenters. The summed E-state index contributed by atoms with van der Waals surface area (Å²) in [6.45, 7) is 0. The molecule has 0 bridgehead atoms. The van der Waals surface area contributed by atoms with Crippen LogP contribution in [0.25, 0.3) is 22.3 Å². The largest absolute Gasteiger partial charge is 0.507 e. The predicted molar refractivity (Wildman–Crippen MR) is 112 cm³/mol. The second-order valence-electron chi connectivity index (χ2n) is 6.83. The Morgan fingerprint density at radius 1 is 0.562 bits per heavy atom.